The van der Waals surface area contributed by atoms with Gasteiger partial charge in [-0.1, -0.05) is 23.2 Å². The third-order valence-corrected chi connectivity index (χ3v) is 3.18. The molecule has 2 aromatic rings. The molecule has 104 valence electrons. The minimum Gasteiger partial charge on any atom is -0.463 e. The molecule has 0 fully saturated rings. The Morgan fingerprint density at radius 2 is 2.10 bits per heavy atom. The fraction of sp³-hybridized carbons (Fsp3) is 0.200. The van der Waals surface area contributed by atoms with Crippen molar-refractivity contribution < 1.29 is 9.53 Å². The van der Waals surface area contributed by atoms with Gasteiger partial charge in [0.1, 0.15) is 0 Å². The van der Waals surface area contributed by atoms with Crippen LogP contribution in [0.25, 0.3) is 17.0 Å². The Morgan fingerprint density at radius 1 is 1.35 bits per heavy atom. The van der Waals surface area contributed by atoms with Crippen molar-refractivity contribution in [2.75, 3.05) is 6.61 Å². The van der Waals surface area contributed by atoms with Crippen LogP contribution in [0, 0.1) is 6.92 Å². The van der Waals surface area contributed by atoms with E-state index in [0.29, 0.717) is 22.2 Å². The molecule has 0 N–H and O–H groups in total. The van der Waals surface area contributed by atoms with E-state index in [2.05, 4.69) is 4.98 Å². The first-order valence-electron chi connectivity index (χ1n) is 6.12. The molecule has 5 heteroatoms. The predicted octanol–water partition coefficient (Wildman–Crippen LogP) is 4.43. The van der Waals surface area contributed by atoms with Gasteiger partial charge in [0.2, 0.25) is 0 Å². The molecular weight excluding hydrogens is 297 g/mol. The van der Waals surface area contributed by atoms with Crippen LogP contribution in [-0.4, -0.2) is 17.6 Å². The summed E-state index contributed by atoms with van der Waals surface area (Å²) in [6.07, 6.45) is 3.06. The van der Waals surface area contributed by atoms with Gasteiger partial charge in [0, 0.05) is 22.2 Å². The molecule has 0 unspecified atom stereocenters. The molecule has 1 aromatic heterocycles. The van der Waals surface area contributed by atoms with Crippen LogP contribution in [0.5, 0.6) is 0 Å². The fourth-order valence-corrected chi connectivity index (χ4v) is 2.43. The number of nitrogens with zero attached hydrogens (tertiary/aromatic N) is 1. The van der Waals surface area contributed by atoms with Gasteiger partial charge in [-0.15, -0.1) is 0 Å². The van der Waals surface area contributed by atoms with E-state index in [0.717, 1.165) is 16.6 Å². The Labute approximate surface area is 127 Å². The lowest BCUT2D eigenvalue weighted by molar-refractivity contribution is -0.137. The van der Waals surface area contributed by atoms with Gasteiger partial charge in [-0.2, -0.15) is 0 Å². The molecule has 3 nitrogen and oxygen atoms in total. The number of rotatable bonds is 3. The summed E-state index contributed by atoms with van der Waals surface area (Å²) in [5.74, 6) is -0.386. The molecule has 0 bridgehead atoms. The molecule has 0 saturated heterocycles. The van der Waals surface area contributed by atoms with Crippen LogP contribution in [0.15, 0.2) is 24.3 Å². The van der Waals surface area contributed by atoms with Crippen molar-refractivity contribution in [2.45, 2.75) is 13.8 Å². The second-order valence-corrected chi connectivity index (χ2v) is 5.07. The van der Waals surface area contributed by atoms with Crippen LogP contribution in [0.3, 0.4) is 0 Å². The van der Waals surface area contributed by atoms with E-state index in [9.17, 15) is 4.79 Å². The number of fused-ring (bicyclic) bond motifs is 1. The predicted molar refractivity (Wildman–Crippen MR) is 82.2 cm³/mol. The number of hydrogen-bond donors (Lipinski definition) is 0. The Balaban J connectivity index is 2.55. The SMILES string of the molecule is CCOC(=O)/C=C/c1cc(C)nc2c(Cl)cc(Cl)cc12. The molecule has 1 aromatic carbocycles. The van der Waals surface area contributed by atoms with Crippen LogP contribution in [0.1, 0.15) is 18.2 Å². The van der Waals surface area contributed by atoms with Gasteiger partial charge in [0.05, 0.1) is 17.1 Å². The summed E-state index contributed by atoms with van der Waals surface area (Å²) in [5, 5.41) is 1.81. The third-order valence-electron chi connectivity index (χ3n) is 2.68. The normalized spacial score (nSPS) is 11.2. The number of pyridine rings is 1. The number of carbonyl (C=O) groups is 1. The van der Waals surface area contributed by atoms with Crippen molar-refractivity contribution in [1.82, 2.24) is 4.98 Å². The highest BCUT2D eigenvalue weighted by atomic mass is 35.5. The van der Waals surface area contributed by atoms with Gasteiger partial charge < -0.3 is 4.74 Å². The van der Waals surface area contributed by atoms with Crippen LogP contribution >= 0.6 is 23.2 Å². The summed E-state index contributed by atoms with van der Waals surface area (Å²) >= 11 is 12.2. The summed E-state index contributed by atoms with van der Waals surface area (Å²) < 4.78 is 4.86. The number of aryl methyl sites for hydroxylation is 1. The monoisotopic (exact) mass is 309 g/mol. The number of aromatic nitrogens is 1. The third kappa shape index (κ3) is 3.30. The van der Waals surface area contributed by atoms with Crippen LogP contribution in [0.2, 0.25) is 10.0 Å². The average Bonchev–Trinajstić information content (AvgIpc) is 2.37. The van der Waals surface area contributed by atoms with Crippen LogP contribution in [0.4, 0.5) is 0 Å². The van der Waals surface area contributed by atoms with E-state index >= 15 is 0 Å². The highest BCUT2D eigenvalue weighted by molar-refractivity contribution is 6.38. The van der Waals surface area contributed by atoms with Crippen molar-refractivity contribution in [3.8, 4) is 0 Å². The summed E-state index contributed by atoms with van der Waals surface area (Å²) in [7, 11) is 0. The van der Waals surface area contributed by atoms with Crippen molar-refractivity contribution in [1.29, 1.82) is 0 Å². The molecule has 0 atom stereocenters. The van der Waals surface area contributed by atoms with Gasteiger partial charge in [0.25, 0.3) is 0 Å². The molecule has 1 heterocycles. The fourth-order valence-electron chi connectivity index (χ4n) is 1.90. The lowest BCUT2D eigenvalue weighted by Crippen LogP contribution is -1.98. The Morgan fingerprint density at radius 3 is 2.80 bits per heavy atom. The number of esters is 1. The van der Waals surface area contributed by atoms with Crippen LogP contribution < -0.4 is 0 Å². The maximum absolute atomic E-state index is 11.4. The van der Waals surface area contributed by atoms with E-state index in [1.54, 1.807) is 25.1 Å². The number of halogens is 2. The summed E-state index contributed by atoms with van der Waals surface area (Å²) in [6.45, 7) is 3.97. The van der Waals surface area contributed by atoms with E-state index in [4.69, 9.17) is 27.9 Å². The zero-order valence-corrected chi connectivity index (χ0v) is 12.6. The largest absolute Gasteiger partial charge is 0.463 e. The van der Waals surface area contributed by atoms with Gasteiger partial charge >= 0.3 is 5.97 Å². The van der Waals surface area contributed by atoms with E-state index in [-0.39, 0.29) is 5.97 Å². The summed E-state index contributed by atoms with van der Waals surface area (Å²) in [5.41, 5.74) is 2.30. The average molecular weight is 310 g/mol. The van der Waals surface area contributed by atoms with Gasteiger partial charge in [-0.05, 0) is 43.7 Å². The maximum atomic E-state index is 11.4. The zero-order chi connectivity index (χ0) is 14.7. The van der Waals surface area contributed by atoms with E-state index in [1.807, 2.05) is 13.0 Å². The first kappa shape index (κ1) is 14.8. The van der Waals surface area contributed by atoms with Crippen molar-refractivity contribution in [2.24, 2.45) is 0 Å². The zero-order valence-electron chi connectivity index (χ0n) is 11.1. The molecule has 20 heavy (non-hydrogen) atoms. The van der Waals surface area contributed by atoms with E-state index < -0.39 is 0 Å². The Kier molecular flexibility index (Phi) is 4.63. The quantitative estimate of drug-likeness (QED) is 0.622. The van der Waals surface area contributed by atoms with Crippen molar-refractivity contribution in [3.05, 3.63) is 45.6 Å². The lowest BCUT2D eigenvalue weighted by Gasteiger charge is -2.06. The summed E-state index contributed by atoms with van der Waals surface area (Å²) in [4.78, 5) is 15.8. The minimum atomic E-state index is -0.386. The first-order valence-corrected chi connectivity index (χ1v) is 6.88. The molecule has 0 aliphatic carbocycles. The minimum absolute atomic E-state index is 0.344. The molecule has 0 amide bonds. The van der Waals surface area contributed by atoms with Crippen molar-refractivity contribution >= 4 is 46.2 Å². The molecule has 0 spiro atoms. The smallest absolute Gasteiger partial charge is 0.330 e. The standard InChI is InChI=1S/C15H13Cl2NO2/c1-3-20-14(19)5-4-10-6-9(2)18-15-12(10)7-11(16)8-13(15)17/h4-8H,3H2,1-2H3/b5-4+. The number of hydrogen-bond acceptors (Lipinski definition) is 3. The second-order valence-electron chi connectivity index (χ2n) is 4.22. The number of ether oxygens (including phenoxy) is 1. The second kappa shape index (κ2) is 6.25. The van der Waals surface area contributed by atoms with Gasteiger partial charge in [-0.25, -0.2) is 4.79 Å². The molecule has 0 saturated carbocycles. The van der Waals surface area contributed by atoms with Gasteiger partial charge in [-0.3, -0.25) is 4.98 Å². The molecule has 0 radical (unpaired) electrons. The molecular formula is C15H13Cl2NO2. The molecule has 0 aliphatic heterocycles. The summed E-state index contributed by atoms with van der Waals surface area (Å²) in [6, 6.07) is 5.29. The van der Waals surface area contributed by atoms with Gasteiger partial charge in [0.15, 0.2) is 0 Å². The topological polar surface area (TPSA) is 39.2 Å². The molecule has 0 aliphatic rings. The van der Waals surface area contributed by atoms with Crippen molar-refractivity contribution in [3.63, 3.8) is 0 Å². The first-order chi connectivity index (χ1) is 9.51. The highest BCUT2D eigenvalue weighted by Crippen LogP contribution is 2.29. The number of carbonyl (C=O) groups excluding carboxylic acids is 1. The van der Waals surface area contributed by atoms with E-state index in [1.165, 1.54) is 6.08 Å². The number of benzene rings is 1. The lowest BCUT2D eigenvalue weighted by atomic mass is 10.1. The Bertz CT molecular complexity index is 696. The Hall–Kier alpha value is -1.58. The highest BCUT2D eigenvalue weighted by Gasteiger charge is 2.08. The van der Waals surface area contributed by atoms with Crippen LogP contribution in [-0.2, 0) is 9.53 Å². The molecule has 2 rings (SSSR count). The maximum Gasteiger partial charge on any atom is 0.330 e.